The largest absolute Gasteiger partial charge is 0.480 e. The van der Waals surface area contributed by atoms with Crippen LogP contribution in [0, 0.1) is 5.92 Å². The molecule has 0 bridgehead atoms. The molecule has 43 heavy (non-hydrogen) atoms. The van der Waals surface area contributed by atoms with E-state index in [1.54, 1.807) is 48.5 Å². The second kappa shape index (κ2) is 15.5. The Balaban J connectivity index is 1.42. The highest BCUT2D eigenvalue weighted by Gasteiger charge is 2.21. The smallest absolute Gasteiger partial charge is 0.326 e. The van der Waals surface area contributed by atoms with Crippen molar-refractivity contribution in [2.24, 2.45) is 5.92 Å². The van der Waals surface area contributed by atoms with E-state index < -0.39 is 12.0 Å². The van der Waals surface area contributed by atoms with E-state index >= 15 is 0 Å². The number of carboxylic acids is 1. The summed E-state index contributed by atoms with van der Waals surface area (Å²) in [4.78, 5) is 38.0. The van der Waals surface area contributed by atoms with Crippen LogP contribution in [0.15, 0.2) is 103 Å². The van der Waals surface area contributed by atoms with E-state index in [2.05, 4.69) is 17.6 Å². The summed E-state index contributed by atoms with van der Waals surface area (Å²) >= 11 is 0. The molecule has 0 fully saturated rings. The van der Waals surface area contributed by atoms with Crippen molar-refractivity contribution in [2.75, 3.05) is 10.6 Å². The molecule has 4 aromatic carbocycles. The number of hydrogen-bond acceptors (Lipinski definition) is 4. The zero-order chi connectivity index (χ0) is 30.6. The number of benzene rings is 4. The van der Waals surface area contributed by atoms with Gasteiger partial charge in [-0.2, -0.15) is 0 Å². The number of hydrogen-bond donors (Lipinski definition) is 3. The highest BCUT2D eigenvalue weighted by Crippen LogP contribution is 2.25. The monoisotopic (exact) mass is 576 g/mol. The Morgan fingerprint density at radius 2 is 1.49 bits per heavy atom. The number of unbranched alkanes of at least 4 members (excludes halogenated alkanes) is 3. The first-order valence-corrected chi connectivity index (χ1v) is 15.0. The highest BCUT2D eigenvalue weighted by molar-refractivity contribution is 6.12. The van der Waals surface area contributed by atoms with Gasteiger partial charge in [0.2, 0.25) is 5.91 Å². The molecule has 6 nitrogen and oxygen atoms in total. The van der Waals surface area contributed by atoms with Gasteiger partial charge >= 0.3 is 5.97 Å². The van der Waals surface area contributed by atoms with Crippen molar-refractivity contribution >= 4 is 29.0 Å². The quantitative estimate of drug-likeness (QED) is 0.0978. The van der Waals surface area contributed by atoms with Crippen molar-refractivity contribution in [1.29, 1.82) is 0 Å². The molecule has 0 saturated carbocycles. The first kappa shape index (κ1) is 31.2. The molecule has 0 aliphatic rings. The Bertz CT molecular complexity index is 1520. The summed E-state index contributed by atoms with van der Waals surface area (Å²) in [5, 5.41) is 16.1. The first-order valence-electron chi connectivity index (χ1n) is 15.0. The number of amides is 1. The lowest BCUT2D eigenvalue weighted by atomic mass is 9.98. The molecular weight excluding hydrogens is 536 g/mol. The molecule has 0 aliphatic carbocycles. The van der Waals surface area contributed by atoms with E-state index in [-0.39, 0.29) is 24.0 Å². The second-order valence-corrected chi connectivity index (χ2v) is 11.0. The summed E-state index contributed by atoms with van der Waals surface area (Å²) in [6, 6.07) is 30.5. The molecule has 222 valence electrons. The predicted molar refractivity (Wildman–Crippen MR) is 173 cm³/mol. The average molecular weight is 577 g/mol. The van der Waals surface area contributed by atoms with Crippen molar-refractivity contribution < 1.29 is 19.5 Å². The summed E-state index contributed by atoms with van der Waals surface area (Å²) in [5.41, 5.74) is 4.97. The van der Waals surface area contributed by atoms with Crippen LogP contribution in [0.1, 0.15) is 67.4 Å². The van der Waals surface area contributed by atoms with Gasteiger partial charge < -0.3 is 15.7 Å². The molecule has 0 aliphatic heterocycles. The maximum atomic E-state index is 13.1. The molecule has 3 N–H and O–H groups in total. The highest BCUT2D eigenvalue weighted by atomic mass is 16.4. The lowest BCUT2D eigenvalue weighted by Crippen LogP contribution is -2.32. The summed E-state index contributed by atoms with van der Waals surface area (Å²) < 4.78 is 0. The summed E-state index contributed by atoms with van der Waals surface area (Å²) in [6.45, 7) is 4.15. The van der Waals surface area contributed by atoms with Crippen molar-refractivity contribution in [2.45, 2.75) is 58.4 Å². The molecule has 0 heterocycles. The van der Waals surface area contributed by atoms with Gasteiger partial charge in [0.15, 0.2) is 5.78 Å². The average Bonchev–Trinajstić information content (AvgIpc) is 3.03. The Morgan fingerprint density at radius 3 is 2.21 bits per heavy atom. The van der Waals surface area contributed by atoms with Crippen LogP contribution in [-0.2, 0) is 16.0 Å². The van der Waals surface area contributed by atoms with Crippen molar-refractivity contribution in [3.8, 4) is 11.1 Å². The third-order valence-corrected chi connectivity index (χ3v) is 7.63. The fraction of sp³-hybridized carbons (Fsp3) is 0.270. The van der Waals surface area contributed by atoms with Crippen LogP contribution in [0.3, 0.4) is 0 Å². The molecule has 4 rings (SSSR count). The molecule has 0 spiro atoms. The van der Waals surface area contributed by atoms with Crippen molar-refractivity contribution in [1.82, 2.24) is 0 Å². The van der Waals surface area contributed by atoms with Crippen LogP contribution in [0.2, 0.25) is 0 Å². The maximum absolute atomic E-state index is 13.1. The van der Waals surface area contributed by atoms with Gasteiger partial charge in [0, 0.05) is 34.8 Å². The molecule has 2 unspecified atom stereocenters. The topological polar surface area (TPSA) is 95.5 Å². The van der Waals surface area contributed by atoms with Gasteiger partial charge in [0.1, 0.15) is 6.04 Å². The van der Waals surface area contributed by atoms with Gasteiger partial charge in [-0.15, -0.1) is 0 Å². The number of carboxylic acid groups (broad SMARTS) is 1. The number of carbonyl (C=O) groups excluding carboxylic acids is 2. The van der Waals surface area contributed by atoms with E-state index in [0.29, 0.717) is 16.8 Å². The van der Waals surface area contributed by atoms with E-state index in [1.165, 1.54) is 12.8 Å². The van der Waals surface area contributed by atoms with Crippen LogP contribution in [0.4, 0.5) is 11.4 Å². The Labute approximate surface area is 254 Å². The van der Waals surface area contributed by atoms with Crippen LogP contribution in [-0.4, -0.2) is 28.8 Å². The maximum Gasteiger partial charge on any atom is 0.326 e. The van der Waals surface area contributed by atoms with Gasteiger partial charge in [-0.3, -0.25) is 9.59 Å². The van der Waals surface area contributed by atoms with Crippen LogP contribution in [0.25, 0.3) is 11.1 Å². The molecule has 2 atom stereocenters. The van der Waals surface area contributed by atoms with Gasteiger partial charge in [0.25, 0.3) is 0 Å². The van der Waals surface area contributed by atoms with Gasteiger partial charge in [-0.05, 0) is 47.4 Å². The van der Waals surface area contributed by atoms with E-state index in [9.17, 15) is 19.5 Å². The van der Waals surface area contributed by atoms with E-state index in [0.717, 1.165) is 41.6 Å². The Kier molecular flexibility index (Phi) is 11.3. The summed E-state index contributed by atoms with van der Waals surface area (Å²) in [5.74, 6) is -1.19. The minimum absolute atomic E-state index is 0.0308. The Morgan fingerprint density at radius 1 is 0.767 bits per heavy atom. The van der Waals surface area contributed by atoms with Crippen LogP contribution < -0.4 is 10.6 Å². The fourth-order valence-electron chi connectivity index (χ4n) is 5.06. The molecule has 1 amide bonds. The number of anilines is 2. The van der Waals surface area contributed by atoms with Crippen molar-refractivity contribution in [3.05, 3.63) is 120 Å². The number of aliphatic carboxylic acids is 1. The molecular formula is C37H40N2O4. The zero-order valence-electron chi connectivity index (χ0n) is 24.9. The minimum Gasteiger partial charge on any atom is -0.480 e. The van der Waals surface area contributed by atoms with Gasteiger partial charge in [0.05, 0.1) is 0 Å². The van der Waals surface area contributed by atoms with Crippen LogP contribution in [0.5, 0.6) is 0 Å². The number of ketones is 1. The molecule has 0 aromatic heterocycles. The lowest BCUT2D eigenvalue weighted by molar-refractivity contribution is -0.137. The number of para-hydroxylation sites is 1. The van der Waals surface area contributed by atoms with Crippen molar-refractivity contribution in [3.63, 3.8) is 0 Å². The lowest BCUT2D eigenvalue weighted by Gasteiger charge is -2.18. The SMILES string of the molecule is CCCCCCC(C)C(=O)Nc1cccc(-c2ccc(CC(Nc3ccccc3C(=O)c3ccccc3)C(=O)O)cc2)c1. The molecule has 0 saturated heterocycles. The predicted octanol–water partition coefficient (Wildman–Crippen LogP) is 8.24. The van der Waals surface area contributed by atoms with E-state index in [1.807, 2.05) is 61.5 Å². The van der Waals surface area contributed by atoms with Gasteiger partial charge in [-0.1, -0.05) is 118 Å². The number of nitrogens with one attached hydrogen (secondary N) is 2. The summed E-state index contributed by atoms with van der Waals surface area (Å²) in [7, 11) is 0. The molecule has 0 radical (unpaired) electrons. The fourth-order valence-corrected chi connectivity index (χ4v) is 5.06. The molecule has 4 aromatic rings. The van der Waals surface area contributed by atoms with E-state index in [4.69, 9.17) is 0 Å². The van der Waals surface area contributed by atoms with Crippen LogP contribution >= 0.6 is 0 Å². The third-order valence-electron chi connectivity index (χ3n) is 7.63. The second-order valence-electron chi connectivity index (χ2n) is 11.0. The zero-order valence-corrected chi connectivity index (χ0v) is 24.9. The van der Waals surface area contributed by atoms with Gasteiger partial charge in [-0.25, -0.2) is 4.79 Å². The first-order chi connectivity index (χ1) is 20.9. The Hall–Kier alpha value is -4.71. The normalized spacial score (nSPS) is 12.2. The number of rotatable bonds is 15. The standard InChI is InChI=1S/C37H40N2O4/c1-3-4-5-7-13-26(2)36(41)38-31-17-12-16-30(25-31)28-22-20-27(21-23-28)24-34(37(42)43)39-33-19-11-10-18-32(33)35(40)29-14-8-6-9-15-29/h6,8-12,14-23,25-26,34,39H,3-5,7,13,24H2,1-2H3,(H,38,41)(H,42,43). The summed E-state index contributed by atoms with van der Waals surface area (Å²) in [6.07, 6.45) is 5.71. The molecule has 6 heteroatoms. The minimum atomic E-state index is -1.01. The number of carbonyl (C=O) groups is 3. The third kappa shape index (κ3) is 8.89.